The van der Waals surface area contributed by atoms with Gasteiger partial charge in [-0.3, -0.25) is 9.88 Å². The largest absolute Gasteiger partial charge is 0.467 e. The van der Waals surface area contributed by atoms with Crippen molar-refractivity contribution < 1.29 is 14.3 Å². The summed E-state index contributed by atoms with van der Waals surface area (Å²) in [5.41, 5.74) is 0.997. The molecule has 0 unspecified atom stereocenters. The van der Waals surface area contributed by atoms with E-state index in [9.17, 15) is 4.79 Å². The van der Waals surface area contributed by atoms with Crippen LogP contribution < -0.4 is 0 Å². The van der Waals surface area contributed by atoms with Crippen LogP contribution in [0.2, 0.25) is 5.02 Å². The van der Waals surface area contributed by atoms with Gasteiger partial charge in [0, 0.05) is 32.0 Å². The smallest absolute Gasteiger partial charge is 0.336 e. The van der Waals surface area contributed by atoms with Crippen molar-refractivity contribution in [2.75, 3.05) is 26.8 Å². The van der Waals surface area contributed by atoms with Crippen molar-refractivity contribution >= 4 is 17.6 Å². The van der Waals surface area contributed by atoms with Crippen LogP contribution in [0.3, 0.4) is 0 Å². The molecule has 2 rings (SSSR count). The minimum atomic E-state index is -0.510. The molecule has 1 aliphatic heterocycles. The molecule has 2 heterocycles. The maximum atomic E-state index is 11.4. The van der Waals surface area contributed by atoms with Gasteiger partial charge in [0.05, 0.1) is 18.7 Å². The molecule has 1 aromatic heterocycles. The fraction of sp³-hybridized carbons (Fsp3) is 0.500. The highest BCUT2D eigenvalue weighted by Gasteiger charge is 2.27. The van der Waals surface area contributed by atoms with E-state index in [-0.39, 0.29) is 5.97 Å². The number of ether oxygens (including phenoxy) is 2. The van der Waals surface area contributed by atoms with Gasteiger partial charge >= 0.3 is 5.97 Å². The van der Waals surface area contributed by atoms with E-state index in [2.05, 4.69) is 14.6 Å². The summed E-state index contributed by atoms with van der Waals surface area (Å²) < 4.78 is 10.1. The summed E-state index contributed by atoms with van der Waals surface area (Å²) in [5, 5.41) is 0.638. The highest BCUT2D eigenvalue weighted by molar-refractivity contribution is 6.31. The van der Waals surface area contributed by atoms with Gasteiger partial charge in [0.25, 0.3) is 0 Å². The Labute approximate surface area is 111 Å². The van der Waals surface area contributed by atoms with E-state index in [1.165, 1.54) is 7.11 Å². The molecule has 1 saturated heterocycles. The molecule has 1 atom stereocenters. The summed E-state index contributed by atoms with van der Waals surface area (Å²) in [6.07, 6.45) is 2.82. The second-order valence-electron chi connectivity index (χ2n) is 4.08. The molecular formula is C12H15ClN2O3. The van der Waals surface area contributed by atoms with Crippen molar-refractivity contribution in [3.05, 3.63) is 29.0 Å². The van der Waals surface area contributed by atoms with Gasteiger partial charge in [0.1, 0.15) is 0 Å². The van der Waals surface area contributed by atoms with E-state index < -0.39 is 6.10 Å². The van der Waals surface area contributed by atoms with Gasteiger partial charge < -0.3 is 9.47 Å². The second kappa shape index (κ2) is 6.13. The number of rotatable bonds is 3. The normalized spacial score (nSPS) is 20.7. The molecule has 1 fully saturated rings. The summed E-state index contributed by atoms with van der Waals surface area (Å²) >= 11 is 6.06. The first-order valence-electron chi connectivity index (χ1n) is 5.71. The van der Waals surface area contributed by atoms with Gasteiger partial charge in [0.2, 0.25) is 0 Å². The van der Waals surface area contributed by atoms with E-state index in [0.29, 0.717) is 24.7 Å². The Kier molecular flexibility index (Phi) is 4.52. The lowest BCUT2D eigenvalue weighted by Gasteiger charge is -2.31. The van der Waals surface area contributed by atoms with E-state index in [0.717, 1.165) is 12.1 Å². The fourth-order valence-electron chi connectivity index (χ4n) is 1.89. The van der Waals surface area contributed by atoms with Gasteiger partial charge in [-0.15, -0.1) is 0 Å². The highest BCUT2D eigenvalue weighted by atomic mass is 35.5. The molecule has 1 aliphatic rings. The number of morpholine rings is 1. The topological polar surface area (TPSA) is 51.7 Å². The third-order valence-corrected chi connectivity index (χ3v) is 3.21. The van der Waals surface area contributed by atoms with Crippen LogP contribution in [0.5, 0.6) is 0 Å². The first-order valence-corrected chi connectivity index (χ1v) is 6.08. The zero-order valence-electron chi connectivity index (χ0n) is 10.1. The first kappa shape index (κ1) is 13.3. The maximum Gasteiger partial charge on any atom is 0.336 e. The number of carbonyl (C=O) groups excluding carboxylic acids is 1. The van der Waals surface area contributed by atoms with Crippen molar-refractivity contribution in [2.45, 2.75) is 12.6 Å². The molecule has 0 saturated carbocycles. The Hall–Kier alpha value is -1.17. The molecule has 1 aromatic rings. The molecule has 0 spiro atoms. The summed E-state index contributed by atoms with van der Waals surface area (Å²) in [6, 6.07) is 1.88. The van der Waals surface area contributed by atoms with Gasteiger partial charge in [-0.2, -0.15) is 0 Å². The third kappa shape index (κ3) is 3.19. The molecule has 5 nitrogen and oxygen atoms in total. The lowest BCUT2D eigenvalue weighted by molar-refractivity contribution is -0.160. The Bertz CT molecular complexity index is 428. The number of methoxy groups -OCH3 is 1. The minimum absolute atomic E-state index is 0.333. The third-order valence-electron chi connectivity index (χ3n) is 2.87. The Morgan fingerprint density at radius 2 is 2.56 bits per heavy atom. The van der Waals surface area contributed by atoms with Crippen LogP contribution >= 0.6 is 11.6 Å². The average molecular weight is 271 g/mol. The SMILES string of the molecule is COC(=O)[C@@H]1CN(Cc2ccncc2Cl)CCO1. The molecule has 0 aliphatic carbocycles. The van der Waals surface area contributed by atoms with Gasteiger partial charge in [-0.25, -0.2) is 4.79 Å². The van der Waals surface area contributed by atoms with Crippen LogP contribution in [0, 0.1) is 0 Å². The van der Waals surface area contributed by atoms with Gasteiger partial charge in [0.15, 0.2) is 6.10 Å². The second-order valence-corrected chi connectivity index (χ2v) is 4.49. The van der Waals surface area contributed by atoms with Crippen molar-refractivity contribution in [1.82, 2.24) is 9.88 Å². The number of aromatic nitrogens is 1. The molecule has 98 valence electrons. The Morgan fingerprint density at radius 3 is 3.28 bits per heavy atom. The van der Waals surface area contributed by atoms with E-state index in [4.69, 9.17) is 16.3 Å². The lowest BCUT2D eigenvalue weighted by Crippen LogP contribution is -2.46. The Morgan fingerprint density at radius 1 is 1.72 bits per heavy atom. The number of esters is 1. The number of carbonyl (C=O) groups is 1. The molecule has 0 N–H and O–H groups in total. The predicted octanol–water partition coefficient (Wildman–Crippen LogP) is 1.11. The van der Waals surface area contributed by atoms with Crippen LogP contribution in [0.15, 0.2) is 18.5 Å². The van der Waals surface area contributed by atoms with E-state index >= 15 is 0 Å². The molecular weight excluding hydrogens is 256 g/mol. The van der Waals surface area contributed by atoms with Crippen molar-refractivity contribution in [3.8, 4) is 0 Å². The molecule has 6 heteroatoms. The van der Waals surface area contributed by atoms with Gasteiger partial charge in [-0.05, 0) is 11.6 Å². The monoisotopic (exact) mass is 270 g/mol. The van der Waals surface area contributed by atoms with Crippen LogP contribution in [0.25, 0.3) is 0 Å². The number of hydrogen-bond acceptors (Lipinski definition) is 5. The summed E-state index contributed by atoms with van der Waals surface area (Å²) in [6.45, 7) is 2.48. The first-order chi connectivity index (χ1) is 8.70. The molecule has 0 amide bonds. The number of hydrogen-bond donors (Lipinski definition) is 0. The van der Waals surface area contributed by atoms with Crippen molar-refractivity contribution in [1.29, 1.82) is 0 Å². The maximum absolute atomic E-state index is 11.4. The Balaban J connectivity index is 1.98. The summed E-state index contributed by atoms with van der Waals surface area (Å²) in [7, 11) is 1.37. The van der Waals surface area contributed by atoms with Crippen LogP contribution in [0.1, 0.15) is 5.56 Å². The molecule has 0 radical (unpaired) electrons. The quantitative estimate of drug-likeness (QED) is 0.770. The molecule has 0 bridgehead atoms. The standard InChI is InChI=1S/C12H15ClN2O3/c1-17-12(16)11-8-15(4-5-18-11)7-9-2-3-14-6-10(9)13/h2-3,6,11H,4-5,7-8H2,1H3/t11-/m0/s1. The minimum Gasteiger partial charge on any atom is -0.467 e. The number of halogens is 1. The van der Waals surface area contributed by atoms with E-state index in [1.807, 2.05) is 6.07 Å². The zero-order chi connectivity index (χ0) is 13.0. The summed E-state index contributed by atoms with van der Waals surface area (Å²) in [4.78, 5) is 17.5. The highest BCUT2D eigenvalue weighted by Crippen LogP contribution is 2.17. The van der Waals surface area contributed by atoms with Crippen LogP contribution in [-0.2, 0) is 20.8 Å². The molecule has 18 heavy (non-hydrogen) atoms. The van der Waals surface area contributed by atoms with Crippen molar-refractivity contribution in [2.24, 2.45) is 0 Å². The van der Waals surface area contributed by atoms with E-state index in [1.54, 1.807) is 12.4 Å². The average Bonchev–Trinajstić information content (AvgIpc) is 2.41. The lowest BCUT2D eigenvalue weighted by atomic mass is 10.2. The predicted molar refractivity (Wildman–Crippen MR) is 66.3 cm³/mol. The van der Waals surface area contributed by atoms with Crippen molar-refractivity contribution in [3.63, 3.8) is 0 Å². The summed E-state index contributed by atoms with van der Waals surface area (Å²) in [5.74, 6) is -0.333. The fourth-order valence-corrected chi connectivity index (χ4v) is 2.07. The number of nitrogens with zero attached hydrogens (tertiary/aromatic N) is 2. The zero-order valence-corrected chi connectivity index (χ0v) is 10.9. The van der Waals surface area contributed by atoms with Crippen LogP contribution in [-0.4, -0.2) is 48.8 Å². The number of pyridine rings is 1. The van der Waals surface area contributed by atoms with Crippen LogP contribution in [0.4, 0.5) is 0 Å². The van der Waals surface area contributed by atoms with Gasteiger partial charge in [-0.1, -0.05) is 11.6 Å². The molecule has 0 aromatic carbocycles.